The number of fused-ring (bicyclic) bond motifs is 1. The zero-order valence-corrected chi connectivity index (χ0v) is 18.8. The fourth-order valence-electron chi connectivity index (χ4n) is 3.60. The molecule has 0 aliphatic carbocycles. The van der Waals surface area contributed by atoms with Crippen molar-refractivity contribution in [2.45, 2.75) is 33.0 Å². The third-order valence-electron chi connectivity index (χ3n) is 5.77. The van der Waals surface area contributed by atoms with Crippen molar-refractivity contribution in [2.75, 3.05) is 5.32 Å². The van der Waals surface area contributed by atoms with Crippen molar-refractivity contribution in [1.29, 1.82) is 0 Å². The molecule has 1 aromatic heterocycles. The van der Waals surface area contributed by atoms with Gasteiger partial charge in [0.2, 0.25) is 5.95 Å². The summed E-state index contributed by atoms with van der Waals surface area (Å²) in [5.41, 5.74) is 1.95. The number of carbonyl (C=O) groups is 1. The van der Waals surface area contributed by atoms with Crippen LogP contribution in [0.25, 0.3) is 0 Å². The molecule has 4 rings (SSSR count). The Morgan fingerprint density at radius 1 is 1.18 bits per heavy atom. The number of aromatic nitrogens is 3. The van der Waals surface area contributed by atoms with E-state index in [2.05, 4.69) is 15.3 Å². The molecule has 1 aliphatic heterocycles. The molecule has 10 heteroatoms. The van der Waals surface area contributed by atoms with Crippen LogP contribution in [0.5, 0.6) is 0 Å². The number of nitrogens with zero attached hydrogens (tertiary/aromatic N) is 4. The summed E-state index contributed by atoms with van der Waals surface area (Å²) >= 11 is 5.98. The number of anilines is 2. The fraction of sp³-hybridized carbons (Fsp3) is 0.261. The van der Waals surface area contributed by atoms with E-state index >= 15 is 0 Å². The van der Waals surface area contributed by atoms with Gasteiger partial charge in [0.05, 0.1) is 25.0 Å². The molecule has 33 heavy (non-hydrogen) atoms. The second kappa shape index (κ2) is 9.03. The average Bonchev–Trinajstić information content (AvgIpc) is 3.25. The quantitative estimate of drug-likeness (QED) is 0.551. The molecule has 170 valence electrons. The molecule has 2 heterocycles. The monoisotopic (exact) mass is 467 g/mol. The number of aliphatic imine (C=N–C) groups is 1. The van der Waals surface area contributed by atoms with Crippen LogP contribution < -0.4 is 16.7 Å². The summed E-state index contributed by atoms with van der Waals surface area (Å²) in [5.74, 6) is -2.02. The molecule has 9 nitrogen and oxygen atoms in total. The molecule has 2 N–H and O–H groups in total. The van der Waals surface area contributed by atoms with Crippen molar-refractivity contribution in [1.82, 2.24) is 14.1 Å². The highest BCUT2D eigenvalue weighted by molar-refractivity contribution is 6.30. The summed E-state index contributed by atoms with van der Waals surface area (Å²) < 4.78 is 2.20. The smallest absolute Gasteiger partial charge is 0.355 e. The maximum absolute atomic E-state index is 13.4. The minimum absolute atomic E-state index is 0.0567. The molecule has 0 saturated carbocycles. The van der Waals surface area contributed by atoms with Gasteiger partial charge in [-0.1, -0.05) is 29.8 Å². The van der Waals surface area contributed by atoms with Gasteiger partial charge in [0, 0.05) is 16.9 Å². The minimum Gasteiger partial charge on any atom is -0.481 e. The van der Waals surface area contributed by atoms with Gasteiger partial charge in [-0.3, -0.25) is 14.4 Å². The van der Waals surface area contributed by atoms with E-state index < -0.39 is 29.3 Å². The van der Waals surface area contributed by atoms with Gasteiger partial charge in [-0.2, -0.15) is 4.98 Å². The van der Waals surface area contributed by atoms with Crippen LogP contribution in [0.1, 0.15) is 36.6 Å². The van der Waals surface area contributed by atoms with Gasteiger partial charge >= 0.3 is 17.3 Å². The van der Waals surface area contributed by atoms with Crippen LogP contribution in [0.15, 0.2) is 57.0 Å². The Hall–Kier alpha value is -3.72. The van der Waals surface area contributed by atoms with Gasteiger partial charge in [-0.05, 0) is 54.8 Å². The average molecular weight is 468 g/mol. The van der Waals surface area contributed by atoms with Crippen LogP contribution in [0.2, 0.25) is 5.02 Å². The number of rotatable bonds is 7. The second-order valence-corrected chi connectivity index (χ2v) is 8.40. The highest BCUT2D eigenvalue weighted by atomic mass is 35.5. The Labute approximate surface area is 194 Å². The first kappa shape index (κ1) is 22.5. The molecule has 0 amide bonds. The van der Waals surface area contributed by atoms with Gasteiger partial charge in [-0.25, -0.2) is 14.2 Å². The zero-order valence-electron chi connectivity index (χ0n) is 18.0. The van der Waals surface area contributed by atoms with Gasteiger partial charge in [0.1, 0.15) is 0 Å². The lowest BCUT2D eigenvalue weighted by atomic mass is 10.0. The molecular formula is C23H22ClN5O4. The lowest BCUT2D eigenvalue weighted by Gasteiger charge is -2.21. The second-order valence-electron chi connectivity index (χ2n) is 7.96. The van der Waals surface area contributed by atoms with Gasteiger partial charge in [0.15, 0.2) is 0 Å². The lowest BCUT2D eigenvalue weighted by molar-refractivity contribution is -0.142. The normalized spacial score (nSPS) is 14.0. The molecule has 0 spiro atoms. The maximum atomic E-state index is 13.4. The summed E-state index contributed by atoms with van der Waals surface area (Å²) in [6.45, 7) is 3.68. The summed E-state index contributed by atoms with van der Waals surface area (Å²) in [7, 11) is 0. The third kappa shape index (κ3) is 4.58. The highest BCUT2D eigenvalue weighted by Gasteiger charge is 2.26. The van der Waals surface area contributed by atoms with E-state index in [0.717, 1.165) is 21.3 Å². The van der Waals surface area contributed by atoms with Crippen molar-refractivity contribution in [2.24, 2.45) is 10.9 Å². The van der Waals surface area contributed by atoms with Gasteiger partial charge in [0.25, 0.3) is 0 Å². The molecule has 0 unspecified atom stereocenters. The molecule has 2 atom stereocenters. The molecule has 0 saturated heterocycles. The van der Waals surface area contributed by atoms with E-state index in [-0.39, 0.29) is 12.5 Å². The fourth-order valence-corrected chi connectivity index (χ4v) is 3.73. The summed E-state index contributed by atoms with van der Waals surface area (Å²) in [4.78, 5) is 46.1. The van der Waals surface area contributed by atoms with E-state index in [9.17, 15) is 19.5 Å². The Morgan fingerprint density at radius 2 is 1.91 bits per heavy atom. The highest BCUT2D eigenvalue weighted by Crippen LogP contribution is 2.22. The largest absolute Gasteiger partial charge is 0.481 e. The molecule has 2 aromatic carbocycles. The van der Waals surface area contributed by atoms with E-state index in [1.54, 1.807) is 30.5 Å². The standard InChI is InChI=1S/C23H22ClN5O4/c1-13(20(30)31)14(2)29-22(32)27-21(26-19-8-5-16-10-25-11-17(16)9-19)28(23(29)33)12-15-3-6-18(24)7-4-15/h3-9,11,13-14H,10,12H2,1-2H3,(H,30,31)(H,26,27,32)/t13-,14+/m1/s1. The van der Waals surface area contributed by atoms with Crippen LogP contribution >= 0.6 is 11.6 Å². The van der Waals surface area contributed by atoms with Crippen molar-refractivity contribution >= 4 is 35.4 Å². The first-order chi connectivity index (χ1) is 15.7. The topological polar surface area (TPSA) is 119 Å². The van der Waals surface area contributed by atoms with Crippen LogP contribution in [-0.4, -0.2) is 31.4 Å². The maximum Gasteiger partial charge on any atom is 0.355 e. The molecule has 0 bridgehead atoms. The number of carboxylic acid groups (broad SMARTS) is 1. The van der Waals surface area contributed by atoms with E-state index in [0.29, 0.717) is 17.3 Å². The molecule has 1 aliphatic rings. The number of hydrogen-bond acceptors (Lipinski definition) is 6. The number of benzene rings is 2. The number of carboxylic acids is 1. The number of halogens is 1. The molecule has 3 aromatic rings. The predicted octanol–water partition coefficient (Wildman–Crippen LogP) is 3.06. The Bertz CT molecular complexity index is 1360. The van der Waals surface area contributed by atoms with E-state index in [4.69, 9.17) is 11.6 Å². The van der Waals surface area contributed by atoms with Crippen molar-refractivity contribution in [3.05, 3.63) is 85.1 Å². The van der Waals surface area contributed by atoms with E-state index in [1.807, 2.05) is 18.2 Å². The van der Waals surface area contributed by atoms with Crippen molar-refractivity contribution in [3.8, 4) is 0 Å². The SMILES string of the molecule is C[C@@H](C(=O)O)[C@H](C)n1c(=O)nc(Nc2ccc3c(c2)C=NC3)n(Cc2ccc(Cl)cc2)c1=O. The Balaban J connectivity index is 1.81. The molecular weight excluding hydrogens is 446 g/mol. The van der Waals surface area contributed by atoms with Crippen molar-refractivity contribution in [3.63, 3.8) is 0 Å². The molecule has 0 fully saturated rings. The lowest BCUT2D eigenvalue weighted by Crippen LogP contribution is -2.46. The first-order valence-electron chi connectivity index (χ1n) is 10.3. The van der Waals surface area contributed by atoms with Gasteiger partial charge in [-0.15, -0.1) is 0 Å². The number of nitrogens with one attached hydrogen (secondary N) is 1. The zero-order chi connectivity index (χ0) is 23.7. The third-order valence-corrected chi connectivity index (χ3v) is 6.02. The van der Waals surface area contributed by atoms with Crippen LogP contribution in [0, 0.1) is 5.92 Å². The van der Waals surface area contributed by atoms with Gasteiger partial charge < -0.3 is 10.4 Å². The number of hydrogen-bond donors (Lipinski definition) is 2. The van der Waals surface area contributed by atoms with E-state index in [1.165, 1.54) is 18.4 Å². The summed E-state index contributed by atoms with van der Waals surface area (Å²) in [6, 6.07) is 11.7. The summed E-state index contributed by atoms with van der Waals surface area (Å²) in [5, 5.41) is 13.0. The van der Waals surface area contributed by atoms with Crippen LogP contribution in [0.4, 0.5) is 11.6 Å². The first-order valence-corrected chi connectivity index (χ1v) is 10.7. The van der Waals surface area contributed by atoms with Crippen LogP contribution in [0.3, 0.4) is 0 Å². The molecule has 0 radical (unpaired) electrons. The summed E-state index contributed by atoms with van der Waals surface area (Å²) in [6.07, 6.45) is 1.77. The predicted molar refractivity (Wildman–Crippen MR) is 126 cm³/mol. The number of aliphatic carboxylic acids is 1. The Kier molecular flexibility index (Phi) is 6.15. The minimum atomic E-state index is -1.11. The van der Waals surface area contributed by atoms with Crippen LogP contribution in [-0.2, 0) is 17.9 Å². The van der Waals surface area contributed by atoms with Crippen molar-refractivity contribution < 1.29 is 9.90 Å². The Morgan fingerprint density at radius 3 is 2.61 bits per heavy atom.